The van der Waals surface area contributed by atoms with E-state index in [1.165, 1.54) is 23.9 Å². The summed E-state index contributed by atoms with van der Waals surface area (Å²) in [5.74, 6) is 0.514. The highest BCUT2D eigenvalue weighted by atomic mass is 32.2. The maximum absolute atomic E-state index is 12.0. The average Bonchev–Trinajstić information content (AvgIpc) is 2.46. The summed E-state index contributed by atoms with van der Waals surface area (Å²) >= 11 is 1.43. The molecule has 2 rings (SSSR count). The van der Waals surface area contributed by atoms with Gasteiger partial charge in [0.2, 0.25) is 0 Å². The molecule has 1 N–H and O–H groups in total. The maximum atomic E-state index is 12.0. The van der Waals surface area contributed by atoms with Crippen LogP contribution in [-0.2, 0) is 0 Å². The second kappa shape index (κ2) is 7.21. The fourth-order valence-electron chi connectivity index (χ4n) is 1.56. The van der Waals surface area contributed by atoms with Crippen LogP contribution in [0.25, 0.3) is 0 Å². The minimum atomic E-state index is -2.84. The first-order valence-corrected chi connectivity index (χ1v) is 6.90. The van der Waals surface area contributed by atoms with E-state index in [-0.39, 0.29) is 5.75 Å². The Hall–Kier alpha value is -1.66. The van der Waals surface area contributed by atoms with Crippen molar-refractivity contribution >= 4 is 11.8 Å². The monoisotopic (exact) mass is 297 g/mol. The van der Waals surface area contributed by atoms with Crippen LogP contribution in [0.2, 0.25) is 0 Å². The summed E-state index contributed by atoms with van der Waals surface area (Å²) in [6, 6.07) is 11.5. The van der Waals surface area contributed by atoms with Crippen LogP contribution in [0.4, 0.5) is 8.78 Å². The summed E-state index contributed by atoms with van der Waals surface area (Å²) in [6.07, 6.45) is 0.994. The van der Waals surface area contributed by atoms with Crippen molar-refractivity contribution < 1.29 is 18.6 Å². The highest BCUT2D eigenvalue weighted by molar-refractivity contribution is 7.99. The second-order valence-corrected chi connectivity index (χ2v) is 4.98. The lowest BCUT2D eigenvalue weighted by molar-refractivity contribution is -0.0498. The third-order valence-electron chi connectivity index (χ3n) is 2.52. The van der Waals surface area contributed by atoms with Crippen molar-refractivity contribution in [2.45, 2.75) is 17.7 Å². The Labute approximate surface area is 119 Å². The van der Waals surface area contributed by atoms with Crippen molar-refractivity contribution in [3.05, 3.63) is 54.2 Å². The molecule has 0 fully saturated rings. The smallest absolute Gasteiger partial charge is 0.387 e. The molecule has 0 saturated heterocycles. The molecule has 0 aliphatic heterocycles. The van der Waals surface area contributed by atoms with Gasteiger partial charge in [-0.05, 0) is 29.8 Å². The number of alkyl halides is 2. The van der Waals surface area contributed by atoms with Crippen molar-refractivity contribution in [3.63, 3.8) is 0 Å². The Kier molecular flexibility index (Phi) is 5.31. The molecule has 0 radical (unpaired) electrons. The molecule has 0 aliphatic carbocycles. The predicted octanol–water partition coefficient (Wildman–Crippen LogP) is 3.51. The first-order valence-electron chi connectivity index (χ1n) is 5.92. The molecule has 1 atom stereocenters. The van der Waals surface area contributed by atoms with Crippen molar-refractivity contribution in [1.82, 2.24) is 4.98 Å². The average molecular weight is 297 g/mol. The largest absolute Gasteiger partial charge is 0.435 e. The van der Waals surface area contributed by atoms with E-state index in [1.54, 1.807) is 18.3 Å². The van der Waals surface area contributed by atoms with Crippen LogP contribution in [0.3, 0.4) is 0 Å². The van der Waals surface area contributed by atoms with E-state index in [9.17, 15) is 13.9 Å². The number of aliphatic hydroxyl groups excluding tert-OH is 1. The van der Waals surface area contributed by atoms with Gasteiger partial charge in [0.05, 0.1) is 11.1 Å². The van der Waals surface area contributed by atoms with E-state index < -0.39 is 12.7 Å². The van der Waals surface area contributed by atoms with Gasteiger partial charge < -0.3 is 9.84 Å². The molecule has 0 bridgehead atoms. The zero-order valence-corrected chi connectivity index (χ0v) is 11.3. The topological polar surface area (TPSA) is 42.4 Å². The molecular weight excluding hydrogens is 284 g/mol. The number of nitrogens with zero attached hydrogens (tertiary/aromatic N) is 1. The van der Waals surface area contributed by atoms with Gasteiger partial charge in [0, 0.05) is 11.9 Å². The fourth-order valence-corrected chi connectivity index (χ4v) is 2.40. The molecule has 106 valence electrons. The number of aromatic nitrogens is 1. The van der Waals surface area contributed by atoms with Gasteiger partial charge in [0.25, 0.3) is 0 Å². The third-order valence-corrected chi connectivity index (χ3v) is 3.54. The Balaban J connectivity index is 1.90. The van der Waals surface area contributed by atoms with Crippen LogP contribution >= 0.6 is 11.8 Å². The standard InChI is InChI=1S/C14H13F2NO2S/c15-14(16)19-11-6-4-10(5-7-11)12(18)9-20-13-3-1-2-8-17-13/h1-8,12,14,18H,9H2. The third kappa shape index (κ3) is 4.47. The predicted molar refractivity (Wildman–Crippen MR) is 73.0 cm³/mol. The number of thioether (sulfide) groups is 1. The van der Waals surface area contributed by atoms with Gasteiger partial charge in [0.15, 0.2) is 0 Å². The summed E-state index contributed by atoms with van der Waals surface area (Å²) in [5, 5.41) is 10.8. The number of ether oxygens (including phenoxy) is 1. The van der Waals surface area contributed by atoms with Gasteiger partial charge in [-0.3, -0.25) is 0 Å². The SMILES string of the molecule is OC(CSc1ccccn1)c1ccc(OC(F)F)cc1. The lowest BCUT2D eigenvalue weighted by atomic mass is 10.1. The summed E-state index contributed by atoms with van der Waals surface area (Å²) < 4.78 is 28.3. The van der Waals surface area contributed by atoms with Crippen LogP contribution in [0.5, 0.6) is 5.75 Å². The van der Waals surface area contributed by atoms with Crippen LogP contribution in [0, 0.1) is 0 Å². The zero-order valence-electron chi connectivity index (χ0n) is 10.4. The van der Waals surface area contributed by atoms with Gasteiger partial charge in [-0.1, -0.05) is 18.2 Å². The maximum Gasteiger partial charge on any atom is 0.387 e. The van der Waals surface area contributed by atoms with Gasteiger partial charge in [-0.25, -0.2) is 4.98 Å². The molecule has 1 aromatic heterocycles. The summed E-state index contributed by atoms with van der Waals surface area (Å²) in [6.45, 7) is -2.84. The molecule has 20 heavy (non-hydrogen) atoms. The second-order valence-electron chi connectivity index (χ2n) is 3.94. The van der Waals surface area contributed by atoms with E-state index in [0.717, 1.165) is 5.03 Å². The van der Waals surface area contributed by atoms with E-state index >= 15 is 0 Å². The number of halogens is 2. The number of hydrogen-bond acceptors (Lipinski definition) is 4. The quantitative estimate of drug-likeness (QED) is 0.829. The van der Waals surface area contributed by atoms with Crippen LogP contribution in [-0.4, -0.2) is 22.5 Å². The summed E-state index contributed by atoms with van der Waals surface area (Å²) in [5.41, 5.74) is 0.648. The fraction of sp³-hybridized carbons (Fsp3) is 0.214. The molecule has 2 aromatic rings. The highest BCUT2D eigenvalue weighted by Crippen LogP contribution is 2.24. The first kappa shape index (κ1) is 14.7. The number of rotatable bonds is 6. The Morgan fingerprint density at radius 1 is 1.15 bits per heavy atom. The number of aliphatic hydroxyl groups is 1. The van der Waals surface area contributed by atoms with E-state index in [2.05, 4.69) is 9.72 Å². The van der Waals surface area contributed by atoms with E-state index in [4.69, 9.17) is 0 Å². The molecule has 1 unspecified atom stereocenters. The van der Waals surface area contributed by atoms with Gasteiger partial charge in [-0.15, -0.1) is 11.8 Å². The number of hydrogen-bond donors (Lipinski definition) is 1. The number of benzene rings is 1. The minimum Gasteiger partial charge on any atom is -0.435 e. The van der Waals surface area contributed by atoms with E-state index in [1.807, 2.05) is 18.2 Å². The molecule has 3 nitrogen and oxygen atoms in total. The highest BCUT2D eigenvalue weighted by Gasteiger charge is 2.10. The molecule has 0 aliphatic rings. The molecule has 0 amide bonds. The van der Waals surface area contributed by atoms with Crippen molar-refractivity contribution in [2.24, 2.45) is 0 Å². The normalized spacial score (nSPS) is 12.4. The minimum absolute atomic E-state index is 0.0772. The van der Waals surface area contributed by atoms with Gasteiger partial charge >= 0.3 is 6.61 Å². The Morgan fingerprint density at radius 3 is 2.50 bits per heavy atom. The first-order chi connectivity index (χ1) is 9.65. The van der Waals surface area contributed by atoms with Gasteiger partial charge in [-0.2, -0.15) is 8.78 Å². The lowest BCUT2D eigenvalue weighted by Crippen LogP contribution is -2.03. The van der Waals surface area contributed by atoms with Crippen LogP contribution in [0.1, 0.15) is 11.7 Å². The van der Waals surface area contributed by atoms with Crippen molar-refractivity contribution in [2.75, 3.05) is 5.75 Å². The van der Waals surface area contributed by atoms with Crippen LogP contribution in [0.15, 0.2) is 53.7 Å². The van der Waals surface area contributed by atoms with Crippen molar-refractivity contribution in [1.29, 1.82) is 0 Å². The molecule has 1 heterocycles. The molecule has 1 aromatic carbocycles. The van der Waals surface area contributed by atoms with Gasteiger partial charge in [0.1, 0.15) is 5.75 Å². The molecule has 6 heteroatoms. The van der Waals surface area contributed by atoms with Crippen molar-refractivity contribution in [3.8, 4) is 5.75 Å². The molecular formula is C14H13F2NO2S. The number of pyridine rings is 1. The van der Waals surface area contributed by atoms with Crippen LogP contribution < -0.4 is 4.74 Å². The molecule has 0 spiro atoms. The summed E-state index contributed by atoms with van der Waals surface area (Å²) in [4.78, 5) is 4.14. The zero-order chi connectivity index (χ0) is 14.4. The Bertz CT molecular complexity index is 522. The lowest BCUT2D eigenvalue weighted by Gasteiger charge is -2.11. The van der Waals surface area contributed by atoms with E-state index in [0.29, 0.717) is 11.3 Å². The Morgan fingerprint density at radius 2 is 1.90 bits per heavy atom. The molecule has 0 saturated carbocycles. The summed E-state index contributed by atoms with van der Waals surface area (Å²) in [7, 11) is 0.